The third-order valence-electron chi connectivity index (χ3n) is 4.15. The average Bonchev–Trinajstić information content (AvgIpc) is 2.43. The lowest BCUT2D eigenvalue weighted by atomic mass is 9.96. The minimum Gasteiger partial charge on any atom is -0.382 e. The maximum atomic E-state index is 5.36. The highest BCUT2D eigenvalue weighted by atomic mass is 16.5. The summed E-state index contributed by atoms with van der Waals surface area (Å²) in [6.45, 7) is 12.0. The molecule has 1 rings (SSSR count). The molecule has 19 heavy (non-hydrogen) atoms. The molecule has 114 valence electrons. The van der Waals surface area contributed by atoms with Crippen LogP contribution >= 0.6 is 0 Å². The van der Waals surface area contributed by atoms with Gasteiger partial charge in [-0.3, -0.25) is 4.90 Å². The summed E-state index contributed by atoms with van der Waals surface area (Å²) in [7, 11) is 0. The second-order valence-electron chi connectivity index (χ2n) is 5.78. The zero-order valence-electron chi connectivity index (χ0n) is 13.3. The van der Waals surface area contributed by atoms with Crippen LogP contribution in [0.2, 0.25) is 0 Å². The fraction of sp³-hybridized carbons (Fsp3) is 1.00. The van der Waals surface area contributed by atoms with E-state index in [1.165, 1.54) is 38.6 Å². The van der Waals surface area contributed by atoms with Gasteiger partial charge in [0.25, 0.3) is 0 Å². The molecule has 0 saturated carbocycles. The van der Waals surface area contributed by atoms with Crippen LogP contribution in [0, 0.1) is 0 Å². The lowest BCUT2D eigenvalue weighted by Crippen LogP contribution is -2.48. The topological polar surface area (TPSA) is 24.5 Å². The van der Waals surface area contributed by atoms with E-state index in [0.29, 0.717) is 6.04 Å². The number of nitrogens with one attached hydrogen (secondary N) is 1. The molecule has 1 aliphatic heterocycles. The highest BCUT2D eigenvalue weighted by Crippen LogP contribution is 2.22. The van der Waals surface area contributed by atoms with Crippen molar-refractivity contribution in [2.45, 2.75) is 71.4 Å². The molecule has 1 heterocycles. The van der Waals surface area contributed by atoms with Crippen molar-refractivity contribution in [1.82, 2.24) is 10.2 Å². The molecule has 0 bridgehead atoms. The summed E-state index contributed by atoms with van der Waals surface area (Å²) in [6.07, 6.45) is 8.02. The summed E-state index contributed by atoms with van der Waals surface area (Å²) in [6, 6.07) is 1.50. The third-order valence-corrected chi connectivity index (χ3v) is 4.15. The van der Waals surface area contributed by atoms with Crippen LogP contribution in [0.1, 0.15) is 59.3 Å². The minimum atomic E-state index is 0.670. The molecule has 3 heteroatoms. The Labute approximate surface area is 120 Å². The fourth-order valence-electron chi connectivity index (χ4n) is 3.12. The van der Waals surface area contributed by atoms with Crippen molar-refractivity contribution >= 4 is 0 Å². The summed E-state index contributed by atoms with van der Waals surface area (Å²) in [4.78, 5) is 2.74. The zero-order chi connectivity index (χ0) is 13.9. The minimum absolute atomic E-state index is 0.670. The third kappa shape index (κ3) is 6.73. The van der Waals surface area contributed by atoms with Crippen LogP contribution in [0.25, 0.3) is 0 Å². The van der Waals surface area contributed by atoms with Crippen molar-refractivity contribution in [1.29, 1.82) is 0 Å². The van der Waals surface area contributed by atoms with Crippen molar-refractivity contribution in [2.24, 2.45) is 0 Å². The second kappa shape index (κ2) is 10.6. The number of nitrogens with zero attached hydrogens (tertiary/aromatic N) is 1. The monoisotopic (exact) mass is 270 g/mol. The molecule has 1 N–H and O–H groups in total. The molecule has 2 atom stereocenters. The fourth-order valence-corrected chi connectivity index (χ4v) is 3.12. The average molecular weight is 270 g/mol. The van der Waals surface area contributed by atoms with Crippen molar-refractivity contribution in [2.75, 3.05) is 32.8 Å². The normalized spacial score (nSPS) is 22.6. The van der Waals surface area contributed by atoms with Crippen LogP contribution in [-0.2, 0) is 4.74 Å². The van der Waals surface area contributed by atoms with E-state index in [4.69, 9.17) is 4.74 Å². The van der Waals surface area contributed by atoms with E-state index in [-0.39, 0.29) is 0 Å². The molecule has 1 saturated heterocycles. The molecule has 0 radical (unpaired) electrons. The second-order valence-corrected chi connectivity index (χ2v) is 5.78. The van der Waals surface area contributed by atoms with Gasteiger partial charge in [-0.1, -0.05) is 19.8 Å². The van der Waals surface area contributed by atoms with Gasteiger partial charge in [0.1, 0.15) is 0 Å². The predicted octanol–water partition coefficient (Wildman–Crippen LogP) is 3.05. The summed E-state index contributed by atoms with van der Waals surface area (Å²) in [5, 5.41) is 3.58. The van der Waals surface area contributed by atoms with E-state index in [9.17, 15) is 0 Å². The summed E-state index contributed by atoms with van der Waals surface area (Å²) in [5.41, 5.74) is 0. The predicted molar refractivity (Wildman–Crippen MR) is 82.7 cm³/mol. The molecule has 3 nitrogen and oxygen atoms in total. The maximum Gasteiger partial charge on any atom is 0.0477 e. The Morgan fingerprint density at radius 2 is 2.16 bits per heavy atom. The van der Waals surface area contributed by atoms with Crippen molar-refractivity contribution in [3.63, 3.8) is 0 Å². The van der Waals surface area contributed by atoms with E-state index < -0.39 is 0 Å². The van der Waals surface area contributed by atoms with Gasteiger partial charge in [-0.05, 0) is 52.6 Å². The molecule has 2 unspecified atom stereocenters. The summed E-state index contributed by atoms with van der Waals surface area (Å²) >= 11 is 0. The van der Waals surface area contributed by atoms with Crippen molar-refractivity contribution in [3.8, 4) is 0 Å². The molecule has 0 amide bonds. The highest BCUT2D eigenvalue weighted by Gasteiger charge is 2.25. The van der Waals surface area contributed by atoms with Crippen LogP contribution < -0.4 is 5.32 Å². The lowest BCUT2D eigenvalue weighted by Gasteiger charge is -2.40. The Balaban J connectivity index is 2.17. The van der Waals surface area contributed by atoms with Crippen LogP contribution in [-0.4, -0.2) is 49.8 Å². The first-order valence-corrected chi connectivity index (χ1v) is 8.33. The Morgan fingerprint density at radius 1 is 1.32 bits per heavy atom. The largest absolute Gasteiger partial charge is 0.382 e. The van der Waals surface area contributed by atoms with Gasteiger partial charge in [-0.15, -0.1) is 0 Å². The van der Waals surface area contributed by atoms with Crippen LogP contribution in [0.4, 0.5) is 0 Å². The first-order valence-electron chi connectivity index (χ1n) is 8.33. The Morgan fingerprint density at radius 3 is 2.89 bits per heavy atom. The van der Waals surface area contributed by atoms with Crippen LogP contribution in [0.5, 0.6) is 0 Å². The molecular weight excluding hydrogens is 236 g/mol. The van der Waals surface area contributed by atoms with Crippen molar-refractivity contribution < 1.29 is 4.74 Å². The quantitative estimate of drug-likeness (QED) is 0.618. The maximum absolute atomic E-state index is 5.36. The number of hydrogen-bond donors (Lipinski definition) is 1. The molecule has 0 aromatic heterocycles. The Kier molecular flexibility index (Phi) is 9.48. The number of rotatable bonds is 10. The number of likely N-dealkylation sites (tertiary alicyclic amines) is 1. The van der Waals surface area contributed by atoms with E-state index in [0.717, 1.165) is 38.8 Å². The number of hydrogen-bond acceptors (Lipinski definition) is 3. The summed E-state index contributed by atoms with van der Waals surface area (Å²) < 4.78 is 5.36. The van der Waals surface area contributed by atoms with Gasteiger partial charge in [-0.2, -0.15) is 0 Å². The Bertz CT molecular complexity index is 209. The molecule has 0 aliphatic carbocycles. The first-order chi connectivity index (χ1) is 9.29. The van der Waals surface area contributed by atoms with E-state index in [2.05, 4.69) is 31.0 Å². The summed E-state index contributed by atoms with van der Waals surface area (Å²) in [5.74, 6) is 0. The smallest absolute Gasteiger partial charge is 0.0477 e. The molecule has 0 aromatic carbocycles. The highest BCUT2D eigenvalue weighted by molar-refractivity contribution is 4.81. The van der Waals surface area contributed by atoms with E-state index >= 15 is 0 Å². The molecular formula is C16H34N2O. The Hall–Kier alpha value is -0.120. The number of piperidine rings is 1. The van der Waals surface area contributed by atoms with Gasteiger partial charge >= 0.3 is 0 Å². The first kappa shape index (κ1) is 16.9. The van der Waals surface area contributed by atoms with Gasteiger partial charge in [0.2, 0.25) is 0 Å². The zero-order valence-corrected chi connectivity index (χ0v) is 13.3. The van der Waals surface area contributed by atoms with E-state index in [1.807, 2.05) is 0 Å². The lowest BCUT2D eigenvalue weighted by molar-refractivity contribution is 0.0947. The van der Waals surface area contributed by atoms with Crippen LogP contribution in [0.15, 0.2) is 0 Å². The SMILES string of the molecule is CCCC1CCCCN1C(C)CNCCCOCC. The molecule has 0 spiro atoms. The van der Waals surface area contributed by atoms with Crippen molar-refractivity contribution in [3.05, 3.63) is 0 Å². The molecule has 1 fully saturated rings. The standard InChI is InChI=1S/C16H34N2O/c1-4-9-16-10-6-7-12-18(16)15(3)14-17-11-8-13-19-5-2/h15-17H,4-14H2,1-3H3. The molecule has 1 aliphatic rings. The van der Waals surface area contributed by atoms with E-state index in [1.54, 1.807) is 0 Å². The van der Waals surface area contributed by atoms with Gasteiger partial charge in [-0.25, -0.2) is 0 Å². The van der Waals surface area contributed by atoms with Gasteiger partial charge < -0.3 is 10.1 Å². The van der Waals surface area contributed by atoms with Gasteiger partial charge in [0, 0.05) is 31.8 Å². The number of ether oxygens (including phenoxy) is 1. The van der Waals surface area contributed by atoms with Crippen LogP contribution in [0.3, 0.4) is 0 Å². The molecule has 0 aromatic rings. The van der Waals surface area contributed by atoms with Gasteiger partial charge in [0.15, 0.2) is 0 Å². The van der Waals surface area contributed by atoms with Gasteiger partial charge in [0.05, 0.1) is 0 Å².